The smallest absolute Gasteiger partial charge is 0.317 e. The Morgan fingerprint density at radius 1 is 1.23 bits per heavy atom. The van der Waals surface area contributed by atoms with E-state index in [-0.39, 0.29) is 18.0 Å². The highest BCUT2D eigenvalue weighted by Gasteiger charge is 2.34. The predicted molar refractivity (Wildman–Crippen MR) is 116 cm³/mol. The highest BCUT2D eigenvalue weighted by Crippen LogP contribution is 2.30. The van der Waals surface area contributed by atoms with Gasteiger partial charge in [0.25, 0.3) is 0 Å². The second kappa shape index (κ2) is 9.44. The molecular formula is C23H26ClN5O. The minimum absolute atomic E-state index is 0.0177. The van der Waals surface area contributed by atoms with E-state index in [0.29, 0.717) is 36.3 Å². The van der Waals surface area contributed by atoms with Gasteiger partial charge in [-0.2, -0.15) is 5.26 Å². The second-order valence-electron chi connectivity index (χ2n) is 8.29. The topological polar surface area (TPSA) is 81.9 Å². The van der Waals surface area contributed by atoms with Crippen LogP contribution in [0.25, 0.3) is 11.4 Å². The average Bonchev–Trinajstić information content (AvgIpc) is 2.72. The molecule has 2 fully saturated rings. The molecule has 1 saturated carbocycles. The van der Waals surface area contributed by atoms with Crippen LogP contribution in [0, 0.1) is 17.2 Å². The Morgan fingerprint density at radius 2 is 2.03 bits per heavy atom. The number of nitrogens with one attached hydrogen (secondary N) is 1. The molecule has 1 saturated heterocycles. The normalized spacial score (nSPS) is 21.5. The molecular weight excluding hydrogens is 398 g/mol. The first kappa shape index (κ1) is 20.6. The number of carbonyl (C=O) groups excluding carboxylic acids is 1. The molecule has 1 aromatic heterocycles. The third-order valence-electron chi connectivity index (χ3n) is 6.14. The number of nitriles is 1. The fourth-order valence-electron chi connectivity index (χ4n) is 4.39. The fraction of sp³-hybridized carbons (Fsp3) is 0.478. The quantitative estimate of drug-likeness (QED) is 0.750. The second-order valence-corrected chi connectivity index (χ2v) is 8.73. The van der Waals surface area contributed by atoms with E-state index in [4.69, 9.17) is 21.8 Å². The van der Waals surface area contributed by atoms with Crippen molar-refractivity contribution >= 4 is 17.6 Å². The van der Waals surface area contributed by atoms with Crippen LogP contribution in [0.1, 0.15) is 50.1 Å². The molecule has 1 N–H and O–H groups in total. The zero-order chi connectivity index (χ0) is 20.9. The summed E-state index contributed by atoms with van der Waals surface area (Å²) in [5.74, 6) is 1.47. The van der Waals surface area contributed by atoms with Crippen LogP contribution in [0.2, 0.25) is 5.02 Å². The number of rotatable bonds is 5. The van der Waals surface area contributed by atoms with E-state index in [1.54, 1.807) is 6.20 Å². The number of nitrogens with zero attached hydrogens (tertiary/aromatic N) is 4. The number of aromatic nitrogens is 2. The predicted octanol–water partition coefficient (Wildman–Crippen LogP) is 4.77. The molecule has 4 rings (SSSR count). The Morgan fingerprint density at radius 3 is 2.80 bits per heavy atom. The van der Waals surface area contributed by atoms with Gasteiger partial charge in [-0.15, -0.1) is 0 Å². The fourth-order valence-corrected chi connectivity index (χ4v) is 4.51. The largest absolute Gasteiger partial charge is 0.335 e. The molecule has 1 aliphatic heterocycles. The van der Waals surface area contributed by atoms with Crippen LogP contribution >= 0.6 is 11.6 Å². The third kappa shape index (κ3) is 4.91. The summed E-state index contributed by atoms with van der Waals surface area (Å²) in [6.07, 6.45) is 7.64. The molecule has 1 aliphatic carbocycles. The molecule has 2 atom stereocenters. The van der Waals surface area contributed by atoms with Gasteiger partial charge in [-0.05, 0) is 55.5 Å². The van der Waals surface area contributed by atoms with Crippen LogP contribution in [0.4, 0.5) is 4.79 Å². The van der Waals surface area contributed by atoms with Gasteiger partial charge in [0.15, 0.2) is 5.82 Å². The minimum atomic E-state index is 0.0177. The maximum atomic E-state index is 12.6. The molecule has 2 heterocycles. The average molecular weight is 424 g/mol. The SMILES string of the molecule is N#CCCC1CCC[C@@H](NC(=O)N2CC(c3ccnc(-c4ccc(Cl)cc4)n3)C2)C1. The van der Waals surface area contributed by atoms with Gasteiger partial charge in [0.1, 0.15) is 0 Å². The van der Waals surface area contributed by atoms with Crippen molar-refractivity contribution in [1.82, 2.24) is 20.2 Å². The molecule has 156 valence electrons. The number of hydrogen-bond donors (Lipinski definition) is 1. The lowest BCUT2D eigenvalue weighted by Gasteiger charge is -2.40. The highest BCUT2D eigenvalue weighted by molar-refractivity contribution is 6.30. The lowest BCUT2D eigenvalue weighted by molar-refractivity contribution is 0.141. The Bertz CT molecular complexity index is 920. The molecule has 1 unspecified atom stereocenters. The monoisotopic (exact) mass is 423 g/mol. The summed E-state index contributed by atoms with van der Waals surface area (Å²) in [7, 11) is 0. The van der Waals surface area contributed by atoms with E-state index in [1.807, 2.05) is 35.2 Å². The summed E-state index contributed by atoms with van der Waals surface area (Å²) in [4.78, 5) is 23.6. The van der Waals surface area contributed by atoms with Crippen molar-refractivity contribution in [3.05, 3.63) is 47.2 Å². The summed E-state index contributed by atoms with van der Waals surface area (Å²) < 4.78 is 0. The van der Waals surface area contributed by atoms with Gasteiger partial charge in [-0.25, -0.2) is 14.8 Å². The van der Waals surface area contributed by atoms with Crippen LogP contribution < -0.4 is 5.32 Å². The number of hydrogen-bond acceptors (Lipinski definition) is 4. The van der Waals surface area contributed by atoms with Gasteiger partial charge in [-0.1, -0.05) is 24.4 Å². The van der Waals surface area contributed by atoms with Crippen LogP contribution in [-0.2, 0) is 0 Å². The maximum Gasteiger partial charge on any atom is 0.317 e. The Hall–Kier alpha value is -2.65. The van der Waals surface area contributed by atoms with Gasteiger partial charge in [0.2, 0.25) is 0 Å². The van der Waals surface area contributed by atoms with Gasteiger partial charge in [-0.3, -0.25) is 0 Å². The molecule has 0 radical (unpaired) electrons. The lowest BCUT2D eigenvalue weighted by atomic mass is 9.83. The van der Waals surface area contributed by atoms with Gasteiger partial charge in [0.05, 0.1) is 11.8 Å². The summed E-state index contributed by atoms with van der Waals surface area (Å²) in [5.41, 5.74) is 1.90. The zero-order valence-corrected chi connectivity index (χ0v) is 17.7. The van der Waals surface area contributed by atoms with E-state index in [1.165, 1.54) is 6.42 Å². The van der Waals surface area contributed by atoms with Crippen molar-refractivity contribution in [2.45, 2.75) is 50.5 Å². The minimum Gasteiger partial charge on any atom is -0.335 e. The van der Waals surface area contributed by atoms with Crippen molar-refractivity contribution in [2.24, 2.45) is 5.92 Å². The van der Waals surface area contributed by atoms with E-state index >= 15 is 0 Å². The molecule has 6 nitrogen and oxygen atoms in total. The third-order valence-corrected chi connectivity index (χ3v) is 6.39. The summed E-state index contributed by atoms with van der Waals surface area (Å²) in [6, 6.07) is 11.9. The summed E-state index contributed by atoms with van der Waals surface area (Å²) in [6.45, 7) is 1.35. The van der Waals surface area contributed by atoms with E-state index in [0.717, 1.165) is 36.9 Å². The first-order valence-electron chi connectivity index (χ1n) is 10.6. The van der Waals surface area contributed by atoms with Crippen LogP contribution in [0.15, 0.2) is 36.5 Å². The number of urea groups is 1. The van der Waals surface area contributed by atoms with E-state index < -0.39 is 0 Å². The number of amides is 2. The standard InChI is InChI=1S/C23H26ClN5O/c24-19-8-6-17(7-9-19)22-26-12-10-21(28-22)18-14-29(15-18)23(30)27-20-5-1-3-16(13-20)4-2-11-25/h6-10,12,16,18,20H,1-5,13-15H2,(H,27,30)/t16?,20-/m1/s1. The molecule has 7 heteroatoms. The van der Waals surface area contributed by atoms with Crippen LogP contribution in [0.3, 0.4) is 0 Å². The maximum absolute atomic E-state index is 12.6. The molecule has 1 aromatic carbocycles. The number of benzene rings is 1. The van der Waals surface area contributed by atoms with E-state index in [2.05, 4.69) is 16.4 Å². The Balaban J connectivity index is 1.29. The molecule has 2 aliphatic rings. The van der Waals surface area contributed by atoms with Gasteiger partial charge < -0.3 is 10.2 Å². The van der Waals surface area contributed by atoms with Crippen molar-refractivity contribution in [3.63, 3.8) is 0 Å². The molecule has 0 bridgehead atoms. The Kier molecular flexibility index (Phi) is 6.49. The summed E-state index contributed by atoms with van der Waals surface area (Å²) in [5, 5.41) is 12.7. The van der Waals surface area contributed by atoms with Crippen molar-refractivity contribution in [1.29, 1.82) is 5.26 Å². The first-order valence-corrected chi connectivity index (χ1v) is 11.0. The van der Waals surface area contributed by atoms with E-state index in [9.17, 15) is 4.79 Å². The van der Waals surface area contributed by atoms with Crippen molar-refractivity contribution < 1.29 is 4.79 Å². The molecule has 0 spiro atoms. The Labute approximate surface area is 182 Å². The van der Waals surface area contributed by atoms with Crippen LogP contribution in [0.5, 0.6) is 0 Å². The number of halogens is 1. The molecule has 30 heavy (non-hydrogen) atoms. The van der Waals surface area contributed by atoms with Crippen molar-refractivity contribution in [2.75, 3.05) is 13.1 Å². The number of carbonyl (C=O) groups is 1. The highest BCUT2D eigenvalue weighted by atomic mass is 35.5. The first-order chi connectivity index (χ1) is 14.6. The molecule has 2 aromatic rings. The van der Waals surface area contributed by atoms with Crippen molar-refractivity contribution in [3.8, 4) is 17.5 Å². The van der Waals surface area contributed by atoms with Gasteiger partial charge in [0, 0.05) is 48.3 Å². The lowest BCUT2D eigenvalue weighted by Crippen LogP contribution is -2.55. The van der Waals surface area contributed by atoms with Gasteiger partial charge >= 0.3 is 6.03 Å². The van der Waals surface area contributed by atoms with Crippen LogP contribution in [-0.4, -0.2) is 40.0 Å². The summed E-state index contributed by atoms with van der Waals surface area (Å²) >= 11 is 5.96. The zero-order valence-electron chi connectivity index (χ0n) is 16.9. The molecule has 2 amide bonds. The number of likely N-dealkylation sites (tertiary alicyclic amines) is 1.